The second-order valence-corrected chi connectivity index (χ2v) is 24.2. The van der Waals surface area contributed by atoms with Crippen molar-refractivity contribution in [2.45, 2.75) is 321 Å². The van der Waals surface area contributed by atoms with Gasteiger partial charge in [0.05, 0.1) is 39.9 Å². The van der Waals surface area contributed by atoms with E-state index in [1.807, 2.05) is 27.2 Å². The first-order valence-corrected chi connectivity index (χ1v) is 32.9. The number of unbranched alkanes of at least 4 members (excludes halogenated alkanes) is 41. The molecule has 0 aromatic rings. The van der Waals surface area contributed by atoms with Crippen molar-refractivity contribution in [3.8, 4) is 0 Å². The number of phosphoric acid groups is 1. The Balaban J connectivity index is 3.89. The molecule has 0 rings (SSSR count). The minimum atomic E-state index is -4.35. The number of hydrogen-bond donors (Lipinski definition) is 3. The van der Waals surface area contributed by atoms with Gasteiger partial charge in [0.15, 0.2) is 0 Å². The molecule has 3 N–H and O–H groups in total. The van der Waals surface area contributed by atoms with E-state index in [9.17, 15) is 19.4 Å². The lowest BCUT2D eigenvalue weighted by Crippen LogP contribution is -2.45. The fourth-order valence-corrected chi connectivity index (χ4v) is 10.2. The number of rotatable bonds is 58. The fraction of sp³-hybridized carbons (Fsp3) is 0.889. The van der Waals surface area contributed by atoms with Crippen molar-refractivity contribution in [2.75, 3.05) is 40.9 Å². The van der Waals surface area contributed by atoms with Crippen LogP contribution in [0.4, 0.5) is 0 Å². The second kappa shape index (κ2) is 54.5. The van der Waals surface area contributed by atoms with Crippen molar-refractivity contribution in [1.82, 2.24) is 5.32 Å². The van der Waals surface area contributed by atoms with Gasteiger partial charge in [0.2, 0.25) is 5.91 Å². The van der Waals surface area contributed by atoms with Gasteiger partial charge >= 0.3 is 7.82 Å². The summed E-state index contributed by atoms with van der Waals surface area (Å²) in [5.41, 5.74) is 0. The van der Waals surface area contributed by atoms with Crippen LogP contribution in [0.2, 0.25) is 0 Å². The van der Waals surface area contributed by atoms with Gasteiger partial charge in [-0.2, -0.15) is 0 Å². The largest absolute Gasteiger partial charge is 0.472 e. The predicted molar refractivity (Wildman–Crippen MR) is 314 cm³/mol. The first-order chi connectivity index (χ1) is 35.0. The number of phosphoric ester groups is 1. The van der Waals surface area contributed by atoms with E-state index in [0.29, 0.717) is 17.4 Å². The van der Waals surface area contributed by atoms with Crippen LogP contribution in [0.1, 0.15) is 309 Å². The third-order valence-corrected chi connectivity index (χ3v) is 15.3. The number of likely N-dealkylation sites (N-methyl/N-ethyl adjacent to an activating group) is 1. The lowest BCUT2D eigenvalue weighted by atomic mass is 10.0. The molecule has 0 aromatic heterocycles. The Morgan fingerprint density at radius 2 is 0.764 bits per heavy atom. The SMILES string of the molecule is CCCCC/C=C/CC/C=C/CC/C=C/C(O)C(COP(=O)(O)OCC[N+](C)(C)C)NC(=O)CCCCCCCCCCCCCCCCCCCCCCCCCCCCCCCCCCCCCCC. The number of amides is 1. The van der Waals surface area contributed by atoms with Gasteiger partial charge in [-0.05, 0) is 44.9 Å². The molecule has 0 bridgehead atoms. The highest BCUT2D eigenvalue weighted by Crippen LogP contribution is 2.43. The number of nitrogens with one attached hydrogen (secondary N) is 1. The Bertz CT molecular complexity index is 1270. The molecule has 72 heavy (non-hydrogen) atoms. The zero-order valence-electron chi connectivity index (χ0n) is 48.7. The second-order valence-electron chi connectivity index (χ2n) is 22.8. The van der Waals surface area contributed by atoms with E-state index < -0.39 is 20.0 Å². The highest BCUT2D eigenvalue weighted by Gasteiger charge is 2.27. The number of carbonyl (C=O) groups is 1. The van der Waals surface area contributed by atoms with Gasteiger partial charge in [0, 0.05) is 6.42 Å². The number of quaternary nitrogens is 1. The van der Waals surface area contributed by atoms with E-state index in [4.69, 9.17) is 9.05 Å². The monoisotopic (exact) mass is 1040 g/mol. The normalized spacial score (nSPS) is 14.0. The fourth-order valence-electron chi connectivity index (χ4n) is 9.43. The molecule has 0 heterocycles. The van der Waals surface area contributed by atoms with Gasteiger partial charge in [-0.3, -0.25) is 13.8 Å². The van der Waals surface area contributed by atoms with E-state index in [-0.39, 0.29) is 19.1 Å². The van der Waals surface area contributed by atoms with Crippen molar-refractivity contribution >= 4 is 13.7 Å². The summed E-state index contributed by atoms with van der Waals surface area (Å²) in [5.74, 6) is -0.187. The Hall–Kier alpha value is -1.28. The van der Waals surface area contributed by atoms with Crippen LogP contribution in [-0.2, 0) is 18.4 Å². The first kappa shape index (κ1) is 70.7. The number of allylic oxidation sites excluding steroid dienone is 5. The molecule has 0 fully saturated rings. The molecule has 3 unspecified atom stereocenters. The maximum absolute atomic E-state index is 13.0. The van der Waals surface area contributed by atoms with Crippen LogP contribution >= 0.6 is 7.82 Å². The summed E-state index contributed by atoms with van der Waals surface area (Å²) >= 11 is 0. The minimum Gasteiger partial charge on any atom is -0.387 e. The van der Waals surface area contributed by atoms with Crippen LogP contribution in [0.5, 0.6) is 0 Å². The van der Waals surface area contributed by atoms with Crippen molar-refractivity contribution in [3.63, 3.8) is 0 Å². The molecule has 8 nitrogen and oxygen atoms in total. The summed E-state index contributed by atoms with van der Waals surface area (Å²) in [6.45, 7) is 4.78. The highest BCUT2D eigenvalue weighted by atomic mass is 31.2. The zero-order valence-corrected chi connectivity index (χ0v) is 49.6. The van der Waals surface area contributed by atoms with Gasteiger partial charge in [0.25, 0.3) is 0 Å². The van der Waals surface area contributed by atoms with E-state index in [2.05, 4.69) is 43.5 Å². The molecular formula is C63H124N2O6P+. The molecule has 0 aliphatic rings. The van der Waals surface area contributed by atoms with Gasteiger partial charge in [-0.15, -0.1) is 0 Å². The lowest BCUT2D eigenvalue weighted by molar-refractivity contribution is -0.870. The molecule has 0 radical (unpaired) electrons. The van der Waals surface area contributed by atoms with Crippen LogP contribution in [-0.4, -0.2) is 73.4 Å². The Morgan fingerprint density at radius 3 is 1.11 bits per heavy atom. The predicted octanol–water partition coefficient (Wildman–Crippen LogP) is 19.3. The summed E-state index contributed by atoms with van der Waals surface area (Å²) in [6.07, 6.45) is 71.6. The van der Waals surface area contributed by atoms with Gasteiger partial charge < -0.3 is 19.8 Å². The topological polar surface area (TPSA) is 105 Å². The smallest absolute Gasteiger partial charge is 0.387 e. The third-order valence-electron chi connectivity index (χ3n) is 14.3. The van der Waals surface area contributed by atoms with Crippen molar-refractivity contribution in [3.05, 3.63) is 36.5 Å². The van der Waals surface area contributed by atoms with E-state index in [1.54, 1.807) is 6.08 Å². The summed E-state index contributed by atoms with van der Waals surface area (Å²) in [5, 5.41) is 13.9. The molecule has 9 heteroatoms. The Morgan fingerprint density at radius 1 is 0.458 bits per heavy atom. The zero-order chi connectivity index (χ0) is 52.7. The number of nitrogens with zero attached hydrogens (tertiary/aromatic N) is 1. The average Bonchev–Trinajstić information content (AvgIpc) is 3.34. The molecule has 0 aromatic carbocycles. The summed E-state index contributed by atoms with van der Waals surface area (Å²) in [6, 6.07) is -0.867. The van der Waals surface area contributed by atoms with Crippen LogP contribution in [0, 0.1) is 0 Å². The van der Waals surface area contributed by atoms with Crippen molar-refractivity contribution < 1.29 is 32.9 Å². The maximum atomic E-state index is 13.0. The molecule has 0 aliphatic heterocycles. The molecular weight excluding hydrogens is 912 g/mol. The number of carbonyl (C=O) groups excluding carboxylic acids is 1. The van der Waals surface area contributed by atoms with E-state index >= 15 is 0 Å². The molecule has 3 atom stereocenters. The van der Waals surface area contributed by atoms with E-state index in [1.165, 1.54) is 238 Å². The highest BCUT2D eigenvalue weighted by molar-refractivity contribution is 7.47. The Kier molecular flexibility index (Phi) is 53.5. The number of aliphatic hydroxyl groups excluding tert-OH is 1. The molecule has 0 spiro atoms. The lowest BCUT2D eigenvalue weighted by Gasteiger charge is -2.25. The minimum absolute atomic E-state index is 0.0549. The summed E-state index contributed by atoms with van der Waals surface area (Å²) in [7, 11) is 1.56. The van der Waals surface area contributed by atoms with Gasteiger partial charge in [-0.1, -0.05) is 294 Å². The van der Waals surface area contributed by atoms with Gasteiger partial charge in [0.1, 0.15) is 13.2 Å². The molecule has 0 saturated heterocycles. The van der Waals surface area contributed by atoms with Crippen molar-refractivity contribution in [2.24, 2.45) is 0 Å². The van der Waals surface area contributed by atoms with Crippen LogP contribution in [0.15, 0.2) is 36.5 Å². The quantitative estimate of drug-likeness (QED) is 0.0243. The maximum Gasteiger partial charge on any atom is 0.472 e. The molecule has 426 valence electrons. The third kappa shape index (κ3) is 56.4. The summed E-state index contributed by atoms with van der Waals surface area (Å²) < 4.78 is 23.6. The van der Waals surface area contributed by atoms with Crippen molar-refractivity contribution in [1.29, 1.82) is 0 Å². The van der Waals surface area contributed by atoms with Gasteiger partial charge in [-0.25, -0.2) is 4.57 Å². The van der Waals surface area contributed by atoms with Crippen LogP contribution in [0.3, 0.4) is 0 Å². The molecule has 1 amide bonds. The van der Waals surface area contributed by atoms with E-state index in [0.717, 1.165) is 51.4 Å². The first-order valence-electron chi connectivity index (χ1n) is 31.4. The van der Waals surface area contributed by atoms with Crippen LogP contribution < -0.4 is 5.32 Å². The number of aliphatic hydroxyl groups is 1. The molecule has 0 aliphatic carbocycles. The molecule has 0 saturated carbocycles. The number of hydrogen-bond acceptors (Lipinski definition) is 5. The van der Waals surface area contributed by atoms with Crippen LogP contribution in [0.25, 0.3) is 0 Å². The Labute approximate surface area is 448 Å². The summed E-state index contributed by atoms with van der Waals surface area (Å²) in [4.78, 5) is 23.3. The standard InChI is InChI=1S/C63H123N2O6P/c1-6-8-10-12-14-16-18-20-21-22-23-24-25-26-27-28-29-30-31-32-33-34-35-36-37-38-39-40-41-42-43-45-47-49-51-53-55-57-63(67)64-61(60-71-72(68,69)70-59-58-65(3,4)5)62(66)56-54-52-50-48-46-44-19-17-15-13-11-9-7-2/h15,17,46,48,54,56,61-62,66H,6-14,16,18-45,47,49-53,55,57-60H2,1-5H3,(H-,64,67,68,69)/p+1/b17-15+,48-46+,56-54+. The average molecular weight is 1040 g/mol.